The Labute approximate surface area is 156 Å². The lowest BCUT2D eigenvalue weighted by Crippen LogP contribution is -2.44. The van der Waals surface area contributed by atoms with Gasteiger partial charge in [-0.25, -0.2) is 0 Å². The number of hydrogen-bond donors (Lipinski definition) is 0. The van der Waals surface area contributed by atoms with E-state index in [0.717, 1.165) is 29.5 Å². The predicted octanol–water partition coefficient (Wildman–Crippen LogP) is 3.28. The number of amides is 1. The van der Waals surface area contributed by atoms with Gasteiger partial charge in [-0.05, 0) is 43.5 Å². The first-order valence-corrected chi connectivity index (χ1v) is 9.02. The van der Waals surface area contributed by atoms with E-state index in [-0.39, 0.29) is 25.0 Å². The second-order valence-electron chi connectivity index (χ2n) is 6.74. The molecule has 0 saturated heterocycles. The van der Waals surface area contributed by atoms with Gasteiger partial charge in [-0.3, -0.25) is 9.59 Å². The zero-order chi connectivity index (χ0) is 18.8. The summed E-state index contributed by atoms with van der Waals surface area (Å²) in [6.07, 6.45) is 1.80. The van der Waals surface area contributed by atoms with Gasteiger partial charge in [0.25, 0.3) is 5.91 Å². The molecule has 27 heavy (non-hydrogen) atoms. The van der Waals surface area contributed by atoms with Crippen molar-refractivity contribution in [3.8, 4) is 0 Å². The molecule has 3 aromatic rings. The lowest BCUT2D eigenvalue weighted by Gasteiger charge is -2.35. The van der Waals surface area contributed by atoms with Gasteiger partial charge in [-0.15, -0.1) is 0 Å². The smallest absolute Gasteiger partial charge is 0.312 e. The Morgan fingerprint density at radius 3 is 2.85 bits per heavy atom. The molecular weight excluding hydrogens is 344 g/mol. The molecule has 6 nitrogen and oxygen atoms in total. The topological polar surface area (TPSA) is 72.6 Å². The number of carbonyl (C=O) groups is 2. The highest BCUT2D eigenvalue weighted by atomic mass is 16.5. The van der Waals surface area contributed by atoms with Crippen LogP contribution in [0.25, 0.3) is 11.0 Å². The highest BCUT2D eigenvalue weighted by molar-refractivity contribution is 5.97. The van der Waals surface area contributed by atoms with Gasteiger partial charge in [0, 0.05) is 17.1 Å². The van der Waals surface area contributed by atoms with Gasteiger partial charge in [0.1, 0.15) is 5.69 Å². The minimum atomic E-state index is -0.500. The molecule has 1 aliphatic rings. The van der Waals surface area contributed by atoms with Crippen LogP contribution >= 0.6 is 0 Å². The number of ether oxygens (including phenoxy) is 1. The average Bonchev–Trinajstić information content (AvgIpc) is 3.09. The third kappa shape index (κ3) is 3.43. The molecule has 0 aliphatic carbocycles. The number of aryl methyl sites for hydroxylation is 1. The summed E-state index contributed by atoms with van der Waals surface area (Å²) in [5.41, 5.74) is 3.18. The van der Waals surface area contributed by atoms with Crippen LogP contribution in [0.2, 0.25) is 0 Å². The minimum absolute atomic E-state index is 0.0313. The third-order valence-electron chi connectivity index (χ3n) is 4.91. The summed E-state index contributed by atoms with van der Waals surface area (Å²) < 4.78 is 10.4. The van der Waals surface area contributed by atoms with Crippen molar-refractivity contribution in [2.24, 2.45) is 0 Å². The van der Waals surface area contributed by atoms with Gasteiger partial charge in [0.2, 0.25) is 0 Å². The Bertz CT molecular complexity index is 995. The first kappa shape index (κ1) is 17.3. The molecule has 0 spiro atoms. The molecule has 0 saturated carbocycles. The number of fused-ring (bicyclic) bond motifs is 2. The fourth-order valence-electron chi connectivity index (χ4n) is 3.53. The van der Waals surface area contributed by atoms with Crippen molar-refractivity contribution in [1.29, 1.82) is 0 Å². The quantitative estimate of drug-likeness (QED) is 0.664. The van der Waals surface area contributed by atoms with Gasteiger partial charge in [0.15, 0.2) is 12.2 Å². The maximum Gasteiger partial charge on any atom is 0.312 e. The number of rotatable bonds is 4. The number of benzene rings is 2. The van der Waals surface area contributed by atoms with Crippen molar-refractivity contribution in [3.63, 3.8) is 0 Å². The first-order chi connectivity index (χ1) is 13.1. The normalized spacial score (nSPS) is 16.2. The number of nitrogens with zero attached hydrogens (tertiary/aromatic N) is 2. The van der Waals surface area contributed by atoms with Gasteiger partial charge >= 0.3 is 5.97 Å². The van der Waals surface area contributed by atoms with E-state index in [1.54, 1.807) is 11.0 Å². The molecule has 6 heteroatoms. The Hall–Kier alpha value is -3.15. The SMILES string of the molecule is C[C@H]1CCc2ccccc2N1C(=O)COC(=O)Cc1noc2ccccc12. The van der Waals surface area contributed by atoms with Crippen molar-refractivity contribution in [1.82, 2.24) is 5.16 Å². The minimum Gasteiger partial charge on any atom is -0.455 e. The van der Waals surface area contributed by atoms with Gasteiger partial charge in [-0.2, -0.15) is 0 Å². The van der Waals surface area contributed by atoms with Crippen LogP contribution in [0.15, 0.2) is 53.1 Å². The van der Waals surface area contributed by atoms with E-state index in [2.05, 4.69) is 5.16 Å². The van der Waals surface area contributed by atoms with Gasteiger partial charge in [-0.1, -0.05) is 35.5 Å². The van der Waals surface area contributed by atoms with E-state index in [4.69, 9.17) is 9.26 Å². The van der Waals surface area contributed by atoms with Crippen molar-refractivity contribution >= 4 is 28.5 Å². The largest absolute Gasteiger partial charge is 0.455 e. The number of anilines is 1. The van der Waals surface area contributed by atoms with Crippen LogP contribution in [-0.2, 0) is 27.2 Å². The molecule has 2 aromatic carbocycles. The van der Waals surface area contributed by atoms with E-state index < -0.39 is 5.97 Å². The molecule has 1 amide bonds. The van der Waals surface area contributed by atoms with E-state index in [0.29, 0.717) is 11.3 Å². The highest BCUT2D eigenvalue weighted by Crippen LogP contribution is 2.30. The third-order valence-corrected chi connectivity index (χ3v) is 4.91. The number of esters is 1. The summed E-state index contributed by atoms with van der Waals surface area (Å²) in [6, 6.07) is 15.3. The Balaban J connectivity index is 1.41. The number of hydrogen-bond acceptors (Lipinski definition) is 5. The maximum absolute atomic E-state index is 12.7. The molecule has 0 N–H and O–H groups in total. The van der Waals surface area contributed by atoms with Crippen molar-refractivity contribution in [3.05, 3.63) is 59.8 Å². The zero-order valence-corrected chi connectivity index (χ0v) is 15.1. The van der Waals surface area contributed by atoms with Gasteiger partial charge in [0.05, 0.1) is 6.42 Å². The summed E-state index contributed by atoms with van der Waals surface area (Å²) in [6.45, 7) is 1.73. The van der Waals surface area contributed by atoms with Crippen LogP contribution < -0.4 is 4.90 Å². The lowest BCUT2D eigenvalue weighted by atomic mass is 9.96. The van der Waals surface area contributed by atoms with Crippen LogP contribution in [0.1, 0.15) is 24.6 Å². The van der Waals surface area contributed by atoms with Crippen molar-refractivity contribution in [2.45, 2.75) is 32.2 Å². The fourth-order valence-corrected chi connectivity index (χ4v) is 3.53. The average molecular weight is 364 g/mol. The van der Waals surface area contributed by atoms with Crippen molar-refractivity contribution in [2.75, 3.05) is 11.5 Å². The van der Waals surface area contributed by atoms with E-state index in [9.17, 15) is 9.59 Å². The number of carbonyl (C=O) groups excluding carboxylic acids is 2. The van der Waals surface area contributed by atoms with E-state index in [1.807, 2.05) is 49.4 Å². The highest BCUT2D eigenvalue weighted by Gasteiger charge is 2.28. The van der Waals surface area contributed by atoms with Crippen molar-refractivity contribution < 1.29 is 18.8 Å². The van der Waals surface area contributed by atoms with Crippen LogP contribution in [0.3, 0.4) is 0 Å². The fraction of sp³-hybridized carbons (Fsp3) is 0.286. The summed E-state index contributed by atoms with van der Waals surface area (Å²) in [4.78, 5) is 26.6. The molecule has 0 radical (unpaired) electrons. The number of aromatic nitrogens is 1. The second kappa shape index (κ2) is 7.23. The molecule has 1 aliphatic heterocycles. The van der Waals surface area contributed by atoms with Crippen LogP contribution in [-0.4, -0.2) is 29.7 Å². The lowest BCUT2D eigenvalue weighted by molar-refractivity contribution is -0.147. The summed E-state index contributed by atoms with van der Waals surface area (Å²) >= 11 is 0. The second-order valence-corrected chi connectivity index (χ2v) is 6.74. The van der Waals surface area contributed by atoms with E-state index in [1.165, 1.54) is 0 Å². The monoisotopic (exact) mass is 364 g/mol. The summed E-state index contributed by atoms with van der Waals surface area (Å²) in [7, 11) is 0. The predicted molar refractivity (Wildman–Crippen MR) is 100 cm³/mol. The molecular formula is C21H20N2O4. The first-order valence-electron chi connectivity index (χ1n) is 9.02. The van der Waals surface area contributed by atoms with Crippen LogP contribution in [0, 0.1) is 0 Å². The van der Waals surface area contributed by atoms with Crippen LogP contribution in [0.4, 0.5) is 5.69 Å². The molecule has 2 heterocycles. The molecule has 138 valence electrons. The molecule has 4 rings (SSSR count). The Morgan fingerprint density at radius 2 is 1.96 bits per heavy atom. The molecule has 0 unspecified atom stereocenters. The van der Waals surface area contributed by atoms with Gasteiger partial charge < -0.3 is 14.2 Å². The summed E-state index contributed by atoms with van der Waals surface area (Å²) in [5.74, 6) is -0.714. The molecule has 0 bridgehead atoms. The van der Waals surface area contributed by atoms with E-state index >= 15 is 0 Å². The Morgan fingerprint density at radius 1 is 1.19 bits per heavy atom. The maximum atomic E-state index is 12.7. The standard InChI is InChI=1S/C21H20N2O4/c1-14-10-11-15-6-2-4-8-18(15)23(14)20(24)13-26-21(25)12-17-16-7-3-5-9-19(16)27-22-17/h2-9,14H,10-13H2,1H3/t14-/m0/s1. The Kier molecular flexibility index (Phi) is 4.62. The molecule has 0 fully saturated rings. The number of para-hydroxylation sites is 2. The summed E-state index contributed by atoms with van der Waals surface area (Å²) in [5, 5.41) is 4.70. The molecule has 1 atom stereocenters. The zero-order valence-electron chi connectivity index (χ0n) is 15.1. The molecule has 1 aromatic heterocycles. The van der Waals surface area contributed by atoms with Crippen LogP contribution in [0.5, 0.6) is 0 Å².